The number of carbonyl (C=O) groups excluding carboxylic acids is 1. The van der Waals surface area contributed by atoms with Crippen LogP contribution in [0.4, 0.5) is 4.39 Å². The number of rotatable bonds is 7. The Morgan fingerprint density at radius 1 is 1.03 bits per heavy atom. The summed E-state index contributed by atoms with van der Waals surface area (Å²) in [5.74, 6) is -0.626. The molecule has 0 aliphatic rings. The average molecular weight is 495 g/mol. The van der Waals surface area contributed by atoms with E-state index in [1.807, 2.05) is 0 Å². The number of hydrogen-bond donors (Lipinski definition) is 1. The van der Waals surface area contributed by atoms with Crippen LogP contribution in [0, 0.1) is 5.82 Å². The maximum atomic E-state index is 13.3. The summed E-state index contributed by atoms with van der Waals surface area (Å²) in [7, 11) is 1.51. The normalized spacial score (nSPS) is 10.7. The van der Waals surface area contributed by atoms with Gasteiger partial charge in [0.05, 0.1) is 19.3 Å². The number of nitrogens with zero attached hydrogens (tertiary/aromatic N) is 3. The molecule has 178 valence electrons. The standard InChI is InChI=1S/C25H20ClFN4O4/c1-35-21-4-2-3-17(13-21)15-30-24(33)22(23(32)28-14-16-5-9-19(27)10-6-16)29-31(25(30)34)20-11-7-18(26)8-12-20/h2-13H,14-15H2,1H3,(H,28,32). The first kappa shape index (κ1) is 23.9. The van der Waals surface area contributed by atoms with Gasteiger partial charge < -0.3 is 10.1 Å². The van der Waals surface area contributed by atoms with Crippen molar-refractivity contribution in [1.29, 1.82) is 0 Å². The van der Waals surface area contributed by atoms with Crippen molar-refractivity contribution in [3.8, 4) is 11.4 Å². The molecule has 0 saturated carbocycles. The van der Waals surface area contributed by atoms with Crippen molar-refractivity contribution in [2.75, 3.05) is 7.11 Å². The van der Waals surface area contributed by atoms with Gasteiger partial charge in [-0.3, -0.25) is 14.2 Å². The molecule has 10 heteroatoms. The molecule has 0 atom stereocenters. The molecule has 0 aliphatic heterocycles. The van der Waals surface area contributed by atoms with Crippen LogP contribution in [0.15, 0.2) is 82.4 Å². The zero-order chi connectivity index (χ0) is 24.9. The van der Waals surface area contributed by atoms with E-state index in [9.17, 15) is 18.8 Å². The Morgan fingerprint density at radius 3 is 2.43 bits per heavy atom. The van der Waals surface area contributed by atoms with Crippen molar-refractivity contribution in [3.63, 3.8) is 0 Å². The highest BCUT2D eigenvalue weighted by Gasteiger charge is 2.20. The lowest BCUT2D eigenvalue weighted by atomic mass is 10.2. The maximum Gasteiger partial charge on any atom is 0.352 e. The Kier molecular flexibility index (Phi) is 7.07. The number of halogens is 2. The summed E-state index contributed by atoms with van der Waals surface area (Å²) < 4.78 is 20.3. The molecule has 0 fully saturated rings. The van der Waals surface area contributed by atoms with Crippen LogP contribution < -0.4 is 21.3 Å². The number of nitrogens with one attached hydrogen (secondary N) is 1. The molecule has 1 heterocycles. The van der Waals surface area contributed by atoms with E-state index in [1.165, 1.54) is 31.4 Å². The molecule has 0 bridgehead atoms. The highest BCUT2D eigenvalue weighted by molar-refractivity contribution is 6.30. The van der Waals surface area contributed by atoms with Crippen LogP contribution in [0.2, 0.25) is 5.02 Å². The lowest BCUT2D eigenvalue weighted by Gasteiger charge is -2.13. The molecular formula is C25H20ClFN4O4. The van der Waals surface area contributed by atoms with Gasteiger partial charge in [-0.1, -0.05) is 35.9 Å². The van der Waals surface area contributed by atoms with Gasteiger partial charge in [-0.25, -0.2) is 9.18 Å². The molecule has 1 amide bonds. The predicted molar refractivity (Wildman–Crippen MR) is 129 cm³/mol. The van der Waals surface area contributed by atoms with E-state index in [4.69, 9.17) is 16.3 Å². The summed E-state index contributed by atoms with van der Waals surface area (Å²) in [5.41, 5.74) is -0.469. The Hall–Kier alpha value is -4.24. The topological polar surface area (TPSA) is 95.2 Å². The van der Waals surface area contributed by atoms with Crippen molar-refractivity contribution in [1.82, 2.24) is 19.7 Å². The molecule has 0 radical (unpaired) electrons. The highest BCUT2D eigenvalue weighted by Crippen LogP contribution is 2.14. The molecule has 0 spiro atoms. The minimum absolute atomic E-state index is 0.0379. The maximum absolute atomic E-state index is 13.3. The second-order valence-electron chi connectivity index (χ2n) is 7.57. The first-order chi connectivity index (χ1) is 16.9. The van der Waals surface area contributed by atoms with E-state index >= 15 is 0 Å². The summed E-state index contributed by atoms with van der Waals surface area (Å²) in [6.45, 7) is -0.0700. The third kappa shape index (κ3) is 5.47. The lowest BCUT2D eigenvalue weighted by molar-refractivity contribution is 0.0941. The van der Waals surface area contributed by atoms with Crippen LogP contribution in [0.3, 0.4) is 0 Å². The van der Waals surface area contributed by atoms with Gasteiger partial charge in [0, 0.05) is 11.6 Å². The van der Waals surface area contributed by atoms with Gasteiger partial charge in [0.15, 0.2) is 0 Å². The van der Waals surface area contributed by atoms with Gasteiger partial charge in [-0.15, -0.1) is 0 Å². The van der Waals surface area contributed by atoms with Gasteiger partial charge in [-0.05, 0) is 59.7 Å². The van der Waals surface area contributed by atoms with E-state index in [1.54, 1.807) is 48.5 Å². The van der Waals surface area contributed by atoms with Gasteiger partial charge >= 0.3 is 5.69 Å². The third-order valence-corrected chi connectivity index (χ3v) is 5.44. The minimum atomic E-state index is -0.848. The van der Waals surface area contributed by atoms with Crippen LogP contribution in [-0.2, 0) is 13.1 Å². The number of benzene rings is 3. The van der Waals surface area contributed by atoms with Crippen LogP contribution >= 0.6 is 11.6 Å². The summed E-state index contributed by atoms with van der Waals surface area (Å²) in [6.07, 6.45) is 0. The zero-order valence-corrected chi connectivity index (χ0v) is 19.3. The van der Waals surface area contributed by atoms with Crippen LogP contribution in [0.5, 0.6) is 5.75 Å². The fourth-order valence-corrected chi connectivity index (χ4v) is 3.49. The van der Waals surface area contributed by atoms with E-state index in [-0.39, 0.29) is 13.1 Å². The van der Waals surface area contributed by atoms with Gasteiger partial charge in [-0.2, -0.15) is 9.78 Å². The smallest absolute Gasteiger partial charge is 0.352 e. The second-order valence-corrected chi connectivity index (χ2v) is 8.01. The zero-order valence-electron chi connectivity index (χ0n) is 18.6. The Balaban J connectivity index is 1.76. The molecular weight excluding hydrogens is 475 g/mol. The molecule has 4 rings (SSSR count). The Labute approximate surface area is 204 Å². The number of amides is 1. The first-order valence-electron chi connectivity index (χ1n) is 10.5. The third-order valence-electron chi connectivity index (χ3n) is 5.19. The van der Waals surface area contributed by atoms with Gasteiger partial charge in [0.1, 0.15) is 11.6 Å². The van der Waals surface area contributed by atoms with Gasteiger partial charge in [0.25, 0.3) is 11.5 Å². The fourth-order valence-electron chi connectivity index (χ4n) is 3.37. The molecule has 3 aromatic carbocycles. The Morgan fingerprint density at radius 2 is 1.74 bits per heavy atom. The van der Waals surface area contributed by atoms with E-state index < -0.39 is 28.7 Å². The molecule has 1 aromatic heterocycles. The summed E-state index contributed by atoms with van der Waals surface area (Å²) in [6, 6.07) is 18.7. The van der Waals surface area contributed by atoms with Crippen molar-refractivity contribution in [2.24, 2.45) is 0 Å². The second kappa shape index (κ2) is 10.4. The molecule has 0 saturated heterocycles. The molecule has 0 aliphatic carbocycles. The van der Waals surface area contributed by atoms with Crippen molar-refractivity contribution >= 4 is 17.5 Å². The van der Waals surface area contributed by atoms with E-state index in [2.05, 4.69) is 10.4 Å². The molecule has 4 aromatic rings. The number of hydrogen-bond acceptors (Lipinski definition) is 5. The highest BCUT2D eigenvalue weighted by atomic mass is 35.5. The minimum Gasteiger partial charge on any atom is -0.497 e. The van der Waals surface area contributed by atoms with Crippen LogP contribution in [0.1, 0.15) is 21.6 Å². The van der Waals surface area contributed by atoms with E-state index in [0.29, 0.717) is 27.6 Å². The SMILES string of the molecule is COc1cccc(Cn2c(=O)c(C(=O)NCc3ccc(F)cc3)nn(-c3ccc(Cl)cc3)c2=O)c1. The lowest BCUT2D eigenvalue weighted by Crippen LogP contribution is -2.46. The number of carbonyl (C=O) groups is 1. The summed E-state index contributed by atoms with van der Waals surface area (Å²) in [5, 5.41) is 7.11. The van der Waals surface area contributed by atoms with Crippen LogP contribution in [-0.4, -0.2) is 27.4 Å². The fraction of sp³-hybridized carbons (Fsp3) is 0.120. The first-order valence-corrected chi connectivity index (χ1v) is 10.9. The Bertz CT molecular complexity index is 1480. The average Bonchev–Trinajstić information content (AvgIpc) is 2.87. The number of methoxy groups -OCH3 is 1. The van der Waals surface area contributed by atoms with Crippen molar-refractivity contribution < 1.29 is 13.9 Å². The number of aromatic nitrogens is 3. The monoisotopic (exact) mass is 494 g/mol. The summed E-state index contributed by atoms with van der Waals surface area (Å²) >= 11 is 5.96. The predicted octanol–water partition coefficient (Wildman–Crippen LogP) is 3.17. The number of ether oxygens (including phenoxy) is 1. The molecule has 1 N–H and O–H groups in total. The quantitative estimate of drug-likeness (QED) is 0.426. The van der Waals surface area contributed by atoms with Crippen molar-refractivity contribution in [2.45, 2.75) is 13.1 Å². The largest absolute Gasteiger partial charge is 0.497 e. The van der Waals surface area contributed by atoms with Crippen molar-refractivity contribution in [3.05, 3.63) is 121 Å². The molecule has 35 heavy (non-hydrogen) atoms. The van der Waals surface area contributed by atoms with Gasteiger partial charge in [0.2, 0.25) is 5.69 Å². The summed E-state index contributed by atoms with van der Waals surface area (Å²) in [4.78, 5) is 39.4. The molecule has 8 nitrogen and oxygen atoms in total. The van der Waals surface area contributed by atoms with E-state index in [0.717, 1.165) is 9.25 Å². The van der Waals surface area contributed by atoms with Crippen LogP contribution in [0.25, 0.3) is 5.69 Å². The molecule has 0 unspecified atom stereocenters.